The van der Waals surface area contributed by atoms with Crippen LogP contribution in [0.1, 0.15) is 18.5 Å². The van der Waals surface area contributed by atoms with E-state index in [1.807, 2.05) is 30.3 Å². The van der Waals surface area contributed by atoms with E-state index in [-0.39, 0.29) is 11.4 Å². The molecule has 0 spiro atoms. The Balaban J connectivity index is 1.83. The van der Waals surface area contributed by atoms with Gasteiger partial charge < -0.3 is 14.7 Å². The lowest BCUT2D eigenvalue weighted by Gasteiger charge is -2.31. The quantitative estimate of drug-likeness (QED) is 0.881. The number of nitrogens with zero attached hydrogens (tertiary/aromatic N) is 2. The normalized spacial score (nSPS) is 22.3. The summed E-state index contributed by atoms with van der Waals surface area (Å²) in [6.45, 7) is 5.58. The van der Waals surface area contributed by atoms with Gasteiger partial charge in [-0.05, 0) is 12.5 Å². The van der Waals surface area contributed by atoms with Crippen LogP contribution in [0.15, 0.2) is 41.7 Å². The fourth-order valence-corrected chi connectivity index (χ4v) is 3.30. The zero-order valence-electron chi connectivity index (χ0n) is 13.8. The van der Waals surface area contributed by atoms with Gasteiger partial charge >= 0.3 is 0 Å². The number of carbonyl (C=O) groups excluding carboxylic acids is 2. The van der Waals surface area contributed by atoms with E-state index >= 15 is 0 Å². The molecule has 24 heavy (non-hydrogen) atoms. The lowest BCUT2D eigenvalue weighted by Crippen LogP contribution is -2.43. The van der Waals surface area contributed by atoms with E-state index in [0.29, 0.717) is 26.3 Å². The minimum Gasteiger partial charge on any atom is -0.503 e. The molecule has 0 bridgehead atoms. The number of aliphatic hydroxyl groups is 1. The average Bonchev–Trinajstić information content (AvgIpc) is 2.86. The Labute approximate surface area is 141 Å². The molecule has 2 heterocycles. The van der Waals surface area contributed by atoms with Gasteiger partial charge in [-0.2, -0.15) is 0 Å². The molecule has 6 nitrogen and oxygen atoms in total. The van der Waals surface area contributed by atoms with Gasteiger partial charge in [0.2, 0.25) is 0 Å². The zero-order chi connectivity index (χ0) is 17.1. The molecule has 0 aliphatic carbocycles. The van der Waals surface area contributed by atoms with E-state index in [4.69, 9.17) is 4.74 Å². The Bertz CT molecular complexity index is 650. The molecular formula is C18H22N2O4. The first-order chi connectivity index (χ1) is 11.6. The highest BCUT2D eigenvalue weighted by Gasteiger charge is 2.42. The van der Waals surface area contributed by atoms with Crippen LogP contribution in [-0.2, 0) is 14.3 Å². The van der Waals surface area contributed by atoms with Crippen molar-refractivity contribution in [2.24, 2.45) is 0 Å². The molecule has 1 amide bonds. The third-order valence-corrected chi connectivity index (χ3v) is 4.56. The highest BCUT2D eigenvalue weighted by Crippen LogP contribution is 2.37. The average molecular weight is 330 g/mol. The highest BCUT2D eigenvalue weighted by atomic mass is 16.5. The molecule has 1 aromatic rings. The van der Waals surface area contributed by atoms with Crippen molar-refractivity contribution in [1.29, 1.82) is 0 Å². The Kier molecular flexibility index (Phi) is 4.97. The number of carbonyl (C=O) groups is 2. The van der Waals surface area contributed by atoms with Gasteiger partial charge in [0.1, 0.15) is 0 Å². The van der Waals surface area contributed by atoms with E-state index in [0.717, 1.165) is 18.7 Å². The molecule has 1 aromatic carbocycles. The van der Waals surface area contributed by atoms with Crippen molar-refractivity contribution in [2.75, 3.05) is 39.4 Å². The maximum atomic E-state index is 12.5. The smallest absolute Gasteiger partial charge is 0.290 e. The van der Waals surface area contributed by atoms with Crippen LogP contribution < -0.4 is 0 Å². The summed E-state index contributed by atoms with van der Waals surface area (Å²) in [5, 5.41) is 10.2. The van der Waals surface area contributed by atoms with Gasteiger partial charge in [0.05, 0.1) is 24.8 Å². The van der Waals surface area contributed by atoms with E-state index in [1.54, 1.807) is 4.90 Å². The van der Waals surface area contributed by atoms with Crippen molar-refractivity contribution in [3.8, 4) is 0 Å². The van der Waals surface area contributed by atoms with Crippen LogP contribution in [0.2, 0.25) is 0 Å². The predicted octanol–water partition coefficient (Wildman–Crippen LogP) is 1.30. The van der Waals surface area contributed by atoms with E-state index in [9.17, 15) is 14.7 Å². The van der Waals surface area contributed by atoms with Crippen LogP contribution in [0.4, 0.5) is 0 Å². The molecule has 128 valence electrons. The molecule has 0 radical (unpaired) electrons. The van der Waals surface area contributed by atoms with Crippen LogP contribution in [0.5, 0.6) is 0 Å². The van der Waals surface area contributed by atoms with Gasteiger partial charge in [0.15, 0.2) is 11.5 Å². The Morgan fingerprint density at radius 3 is 2.50 bits per heavy atom. The van der Waals surface area contributed by atoms with Crippen molar-refractivity contribution in [1.82, 2.24) is 9.80 Å². The number of ether oxygens (including phenoxy) is 1. The highest BCUT2D eigenvalue weighted by molar-refractivity contribution is 6.08. The molecule has 1 N–H and O–H groups in total. The second-order valence-electron chi connectivity index (χ2n) is 6.08. The molecule has 6 heteroatoms. The molecule has 0 saturated carbocycles. The molecule has 0 unspecified atom stereocenters. The summed E-state index contributed by atoms with van der Waals surface area (Å²) in [5.41, 5.74) is 1.02. The first-order valence-electron chi connectivity index (χ1n) is 8.19. The summed E-state index contributed by atoms with van der Waals surface area (Å²) < 4.78 is 5.33. The molecule has 1 saturated heterocycles. The number of hydrogen-bond acceptors (Lipinski definition) is 5. The molecule has 2 aliphatic rings. The van der Waals surface area contributed by atoms with Crippen molar-refractivity contribution in [2.45, 2.75) is 13.0 Å². The Morgan fingerprint density at radius 1 is 1.21 bits per heavy atom. The van der Waals surface area contributed by atoms with Crippen LogP contribution in [0.25, 0.3) is 0 Å². The molecule has 1 atom stereocenters. The SMILES string of the molecule is CC(=O)C1=C(O)C(=O)N(CCN2CCOCC2)[C@@H]1c1ccccc1. The van der Waals surface area contributed by atoms with Gasteiger partial charge in [-0.25, -0.2) is 0 Å². The largest absolute Gasteiger partial charge is 0.503 e. The van der Waals surface area contributed by atoms with Gasteiger partial charge in [-0.3, -0.25) is 14.5 Å². The zero-order valence-corrected chi connectivity index (χ0v) is 13.8. The first kappa shape index (κ1) is 16.7. The third kappa shape index (κ3) is 3.20. The molecule has 1 fully saturated rings. The van der Waals surface area contributed by atoms with Crippen LogP contribution in [0, 0.1) is 0 Å². The lowest BCUT2D eigenvalue weighted by molar-refractivity contribution is -0.129. The van der Waals surface area contributed by atoms with Gasteiger partial charge in [-0.15, -0.1) is 0 Å². The monoisotopic (exact) mass is 330 g/mol. The summed E-state index contributed by atoms with van der Waals surface area (Å²) in [4.78, 5) is 28.3. The summed E-state index contributed by atoms with van der Waals surface area (Å²) in [7, 11) is 0. The van der Waals surface area contributed by atoms with Crippen LogP contribution in [0.3, 0.4) is 0 Å². The van der Waals surface area contributed by atoms with Crippen molar-refractivity contribution >= 4 is 11.7 Å². The molecule has 3 rings (SSSR count). The molecular weight excluding hydrogens is 308 g/mol. The van der Waals surface area contributed by atoms with E-state index in [1.165, 1.54) is 6.92 Å². The van der Waals surface area contributed by atoms with Crippen molar-refractivity contribution in [3.05, 3.63) is 47.2 Å². The maximum Gasteiger partial charge on any atom is 0.290 e. The van der Waals surface area contributed by atoms with Gasteiger partial charge in [0, 0.05) is 26.2 Å². The summed E-state index contributed by atoms with van der Waals surface area (Å²) >= 11 is 0. The maximum absolute atomic E-state index is 12.5. The number of hydrogen-bond donors (Lipinski definition) is 1. The molecule has 0 aromatic heterocycles. The summed E-state index contributed by atoms with van der Waals surface area (Å²) in [5.74, 6) is -1.16. The topological polar surface area (TPSA) is 70.1 Å². The standard InChI is InChI=1S/C18H22N2O4/c1-13(21)15-16(14-5-3-2-4-6-14)20(18(23)17(15)22)8-7-19-9-11-24-12-10-19/h2-6,16,22H,7-12H2,1H3/t16-/m1/s1. The van der Waals surface area contributed by atoms with Crippen molar-refractivity contribution in [3.63, 3.8) is 0 Å². The summed E-state index contributed by atoms with van der Waals surface area (Å²) in [6, 6.07) is 8.86. The first-order valence-corrected chi connectivity index (χ1v) is 8.19. The fraction of sp³-hybridized carbons (Fsp3) is 0.444. The number of rotatable bonds is 5. The number of amides is 1. The summed E-state index contributed by atoms with van der Waals surface area (Å²) in [6.07, 6.45) is 0. The van der Waals surface area contributed by atoms with E-state index < -0.39 is 17.7 Å². The second kappa shape index (κ2) is 7.15. The Hall–Kier alpha value is -2.18. The third-order valence-electron chi connectivity index (χ3n) is 4.56. The van der Waals surface area contributed by atoms with Crippen molar-refractivity contribution < 1.29 is 19.4 Å². The van der Waals surface area contributed by atoms with Gasteiger partial charge in [-0.1, -0.05) is 30.3 Å². The lowest BCUT2D eigenvalue weighted by atomic mass is 9.97. The second-order valence-corrected chi connectivity index (χ2v) is 6.08. The Morgan fingerprint density at radius 2 is 1.88 bits per heavy atom. The number of aliphatic hydroxyl groups excluding tert-OH is 1. The van der Waals surface area contributed by atoms with Gasteiger partial charge in [0.25, 0.3) is 5.91 Å². The number of morpholine rings is 1. The number of Topliss-reactive ketones (excluding diaryl/α,β-unsaturated/α-hetero) is 1. The number of benzene rings is 1. The minimum atomic E-state index is -0.516. The minimum absolute atomic E-state index is 0.188. The molecule has 2 aliphatic heterocycles. The van der Waals surface area contributed by atoms with E-state index in [2.05, 4.69) is 4.90 Å². The number of ketones is 1. The van der Waals surface area contributed by atoms with Crippen LogP contribution >= 0.6 is 0 Å². The van der Waals surface area contributed by atoms with Crippen LogP contribution in [-0.4, -0.2) is 66.0 Å². The predicted molar refractivity (Wildman–Crippen MR) is 88.5 cm³/mol. The fourth-order valence-electron chi connectivity index (χ4n) is 3.30.